The van der Waals surface area contributed by atoms with Crippen LogP contribution in [0.5, 0.6) is 0 Å². The van der Waals surface area contributed by atoms with E-state index in [1.54, 1.807) is 0 Å². The molecule has 0 bridgehead atoms. The van der Waals surface area contributed by atoms with Crippen LogP contribution < -0.4 is 0 Å². The molecule has 0 radical (unpaired) electrons. The summed E-state index contributed by atoms with van der Waals surface area (Å²) in [4.78, 5) is 15.2. The molecule has 7 aromatic carbocycles. The molecule has 0 aliphatic rings. The van der Waals surface area contributed by atoms with E-state index < -0.39 is 0 Å². The first-order chi connectivity index (χ1) is 24.8. The van der Waals surface area contributed by atoms with Gasteiger partial charge < -0.3 is 8.98 Å². The smallest absolute Gasteiger partial charge is 0.164 e. The summed E-state index contributed by atoms with van der Waals surface area (Å²) >= 11 is 0. The Balaban J connectivity index is 1.32. The maximum atomic E-state index is 6.92. The molecule has 3 heterocycles. The number of benzene rings is 7. The molecule has 50 heavy (non-hydrogen) atoms. The van der Waals surface area contributed by atoms with Crippen LogP contribution in [0.3, 0.4) is 0 Å². The maximum absolute atomic E-state index is 6.92. The van der Waals surface area contributed by atoms with E-state index in [2.05, 4.69) is 108 Å². The molecule has 10 aromatic rings. The largest absolute Gasteiger partial charge is 0.455 e. The van der Waals surface area contributed by atoms with Crippen molar-refractivity contribution in [2.24, 2.45) is 0 Å². The summed E-state index contributed by atoms with van der Waals surface area (Å²) in [6.45, 7) is 0. The molecule has 0 spiro atoms. The summed E-state index contributed by atoms with van der Waals surface area (Å²) in [5.74, 6) is 1.83. The first kappa shape index (κ1) is 28.2. The zero-order valence-corrected chi connectivity index (χ0v) is 26.9. The van der Waals surface area contributed by atoms with E-state index in [1.165, 1.54) is 5.39 Å². The van der Waals surface area contributed by atoms with Crippen LogP contribution in [0, 0.1) is 0 Å². The highest BCUT2D eigenvalue weighted by atomic mass is 16.3. The van der Waals surface area contributed by atoms with Crippen LogP contribution in [0.4, 0.5) is 0 Å². The van der Waals surface area contributed by atoms with Gasteiger partial charge in [-0.1, -0.05) is 127 Å². The topological polar surface area (TPSA) is 56.7 Å². The molecule has 3 aromatic heterocycles. The van der Waals surface area contributed by atoms with Gasteiger partial charge in [0.05, 0.1) is 11.0 Å². The zero-order chi connectivity index (χ0) is 33.0. The van der Waals surface area contributed by atoms with Crippen molar-refractivity contribution in [1.82, 2.24) is 19.5 Å². The van der Waals surface area contributed by atoms with Crippen LogP contribution in [0.2, 0.25) is 0 Å². The SMILES string of the molecule is c1ccc(-c2nc(-c3ccccc3)nc(-c3ccc(-c4ccccc4)c4oc5cc6c7ccccc7n(-c7ccccc7)c6cc5c34)n2)cc1. The van der Waals surface area contributed by atoms with Crippen molar-refractivity contribution < 1.29 is 4.42 Å². The van der Waals surface area contributed by atoms with Crippen molar-refractivity contribution in [3.8, 4) is 51.0 Å². The van der Waals surface area contributed by atoms with Gasteiger partial charge in [0.15, 0.2) is 17.5 Å². The molecule has 0 unspecified atom stereocenters. The van der Waals surface area contributed by atoms with Crippen LogP contribution in [0.25, 0.3) is 94.7 Å². The Hall–Kier alpha value is -6.85. The summed E-state index contributed by atoms with van der Waals surface area (Å²) in [7, 11) is 0. The van der Waals surface area contributed by atoms with Gasteiger partial charge in [0.25, 0.3) is 0 Å². The van der Waals surface area contributed by atoms with Crippen molar-refractivity contribution in [3.05, 3.63) is 170 Å². The predicted molar refractivity (Wildman–Crippen MR) is 203 cm³/mol. The van der Waals surface area contributed by atoms with E-state index in [-0.39, 0.29) is 0 Å². The summed E-state index contributed by atoms with van der Waals surface area (Å²) in [6.07, 6.45) is 0. The molecule has 0 saturated heterocycles. The molecular weight excluding hydrogens is 613 g/mol. The third kappa shape index (κ3) is 4.52. The molecule has 5 nitrogen and oxygen atoms in total. The van der Waals surface area contributed by atoms with E-state index in [9.17, 15) is 0 Å². The molecule has 0 amide bonds. The Morgan fingerprint density at radius 3 is 1.60 bits per heavy atom. The predicted octanol–water partition coefficient (Wildman–Crippen LogP) is 11.5. The van der Waals surface area contributed by atoms with Crippen molar-refractivity contribution >= 4 is 43.7 Å². The summed E-state index contributed by atoms with van der Waals surface area (Å²) in [5, 5.41) is 4.28. The van der Waals surface area contributed by atoms with E-state index in [1.807, 2.05) is 66.7 Å². The number of rotatable bonds is 5. The number of hydrogen-bond donors (Lipinski definition) is 0. The fourth-order valence-corrected chi connectivity index (χ4v) is 7.16. The zero-order valence-electron chi connectivity index (χ0n) is 26.9. The molecule has 0 N–H and O–H groups in total. The number of para-hydroxylation sites is 2. The van der Waals surface area contributed by atoms with Crippen molar-refractivity contribution in [2.75, 3.05) is 0 Å². The van der Waals surface area contributed by atoms with Gasteiger partial charge in [0, 0.05) is 49.5 Å². The minimum atomic E-state index is 0.591. The molecule has 5 heteroatoms. The highest BCUT2D eigenvalue weighted by Crippen LogP contribution is 2.44. The normalized spacial score (nSPS) is 11.6. The summed E-state index contributed by atoms with van der Waals surface area (Å²) < 4.78 is 9.26. The first-order valence-electron chi connectivity index (χ1n) is 16.7. The standard InChI is InChI=1S/C45H28N4O/c1-5-15-29(16-6-1)33-25-26-35(45-47-43(30-17-7-2-8-18-30)46-44(48-45)31-19-9-3-10-20-31)41-37-27-39-36(28-40(37)50-42(33)41)34-23-13-14-24-38(34)49(39)32-21-11-4-12-22-32/h1-28H. The number of furan rings is 1. The Morgan fingerprint density at radius 1 is 0.400 bits per heavy atom. The Morgan fingerprint density at radius 2 is 0.940 bits per heavy atom. The van der Waals surface area contributed by atoms with Gasteiger partial charge in [0.1, 0.15) is 11.2 Å². The van der Waals surface area contributed by atoms with Crippen LogP contribution in [-0.4, -0.2) is 19.5 Å². The van der Waals surface area contributed by atoms with Gasteiger partial charge in [-0.3, -0.25) is 0 Å². The Bertz CT molecular complexity index is 2780. The lowest BCUT2D eigenvalue weighted by Gasteiger charge is -2.11. The lowest BCUT2D eigenvalue weighted by Crippen LogP contribution is -2.00. The van der Waals surface area contributed by atoms with Crippen LogP contribution in [0.15, 0.2) is 174 Å². The van der Waals surface area contributed by atoms with Gasteiger partial charge in [0.2, 0.25) is 0 Å². The van der Waals surface area contributed by atoms with Gasteiger partial charge in [-0.05, 0) is 48.0 Å². The second-order valence-electron chi connectivity index (χ2n) is 12.4. The van der Waals surface area contributed by atoms with Gasteiger partial charge in [-0.2, -0.15) is 0 Å². The minimum Gasteiger partial charge on any atom is -0.455 e. The Labute approximate surface area is 287 Å². The van der Waals surface area contributed by atoms with E-state index in [4.69, 9.17) is 19.4 Å². The number of hydrogen-bond acceptors (Lipinski definition) is 4. The average Bonchev–Trinajstić information content (AvgIpc) is 3.73. The third-order valence-corrected chi connectivity index (χ3v) is 9.45. The maximum Gasteiger partial charge on any atom is 0.164 e. The lowest BCUT2D eigenvalue weighted by atomic mass is 9.97. The first-order valence-corrected chi connectivity index (χ1v) is 16.7. The average molecular weight is 641 g/mol. The van der Waals surface area contributed by atoms with Crippen LogP contribution >= 0.6 is 0 Å². The molecule has 10 rings (SSSR count). The van der Waals surface area contributed by atoms with Crippen molar-refractivity contribution in [2.45, 2.75) is 0 Å². The lowest BCUT2D eigenvalue weighted by molar-refractivity contribution is 0.670. The van der Waals surface area contributed by atoms with Gasteiger partial charge in [-0.25, -0.2) is 15.0 Å². The molecule has 0 aliphatic heterocycles. The molecule has 0 fully saturated rings. The van der Waals surface area contributed by atoms with Crippen molar-refractivity contribution in [1.29, 1.82) is 0 Å². The number of fused-ring (bicyclic) bond motifs is 6. The monoisotopic (exact) mass is 640 g/mol. The minimum absolute atomic E-state index is 0.591. The van der Waals surface area contributed by atoms with Crippen molar-refractivity contribution in [3.63, 3.8) is 0 Å². The fraction of sp³-hybridized carbons (Fsp3) is 0. The number of aromatic nitrogens is 4. The summed E-state index contributed by atoms with van der Waals surface area (Å²) in [5.41, 5.74) is 9.81. The molecule has 234 valence electrons. The van der Waals surface area contributed by atoms with Crippen LogP contribution in [0.1, 0.15) is 0 Å². The third-order valence-electron chi connectivity index (χ3n) is 9.45. The second kappa shape index (κ2) is 11.4. The quantitative estimate of drug-likeness (QED) is 0.188. The Kier molecular flexibility index (Phi) is 6.42. The molecule has 0 aliphatic carbocycles. The number of nitrogens with zero attached hydrogens (tertiary/aromatic N) is 4. The van der Waals surface area contributed by atoms with E-state index in [0.29, 0.717) is 17.5 Å². The highest BCUT2D eigenvalue weighted by Gasteiger charge is 2.23. The fourth-order valence-electron chi connectivity index (χ4n) is 7.16. The van der Waals surface area contributed by atoms with Gasteiger partial charge >= 0.3 is 0 Å². The second-order valence-corrected chi connectivity index (χ2v) is 12.4. The van der Waals surface area contributed by atoms with E-state index >= 15 is 0 Å². The molecular formula is C45H28N4O. The molecule has 0 atom stereocenters. The molecule has 0 saturated carbocycles. The summed E-state index contributed by atoms with van der Waals surface area (Å²) in [6, 6.07) is 58.4. The highest BCUT2D eigenvalue weighted by molar-refractivity contribution is 6.21. The van der Waals surface area contributed by atoms with E-state index in [0.717, 1.165) is 71.9 Å². The van der Waals surface area contributed by atoms with Crippen LogP contribution in [-0.2, 0) is 0 Å². The van der Waals surface area contributed by atoms with Gasteiger partial charge in [-0.15, -0.1) is 0 Å².